The van der Waals surface area contributed by atoms with Crippen molar-refractivity contribution in [1.29, 1.82) is 0 Å². The lowest BCUT2D eigenvalue weighted by molar-refractivity contribution is 0.152. The summed E-state index contributed by atoms with van der Waals surface area (Å²) in [6.07, 6.45) is 3.99. The molecule has 0 aromatic rings. The van der Waals surface area contributed by atoms with Crippen LogP contribution in [0.2, 0.25) is 0 Å². The van der Waals surface area contributed by atoms with E-state index in [2.05, 4.69) is 26.1 Å². The second-order valence-corrected chi connectivity index (χ2v) is 5.35. The van der Waals surface area contributed by atoms with Crippen molar-refractivity contribution >= 4 is 0 Å². The summed E-state index contributed by atoms with van der Waals surface area (Å²) in [4.78, 5) is 0. The van der Waals surface area contributed by atoms with E-state index in [-0.39, 0.29) is 0 Å². The van der Waals surface area contributed by atoms with Crippen molar-refractivity contribution < 1.29 is 0 Å². The van der Waals surface area contributed by atoms with Gasteiger partial charge in [-0.1, -0.05) is 20.8 Å². The molecule has 0 aromatic carbocycles. The van der Waals surface area contributed by atoms with Crippen LogP contribution in [0.1, 0.15) is 40.0 Å². The molecule has 1 aliphatic rings. The van der Waals surface area contributed by atoms with E-state index in [0.717, 1.165) is 19.0 Å². The second-order valence-electron chi connectivity index (χ2n) is 5.35. The Kier molecular flexibility index (Phi) is 3.74. The molecule has 0 aliphatic heterocycles. The van der Waals surface area contributed by atoms with Crippen LogP contribution >= 0.6 is 0 Å². The molecule has 0 radical (unpaired) electrons. The summed E-state index contributed by atoms with van der Waals surface area (Å²) in [5.41, 5.74) is 6.00. The SMILES string of the molecule is CC1CC(NCCN)CC(C)(C)C1. The number of hydrogen-bond acceptors (Lipinski definition) is 2. The molecule has 1 rings (SSSR count). The van der Waals surface area contributed by atoms with Gasteiger partial charge in [0.2, 0.25) is 0 Å². The van der Waals surface area contributed by atoms with Gasteiger partial charge in [-0.2, -0.15) is 0 Å². The first-order chi connectivity index (χ1) is 6.03. The van der Waals surface area contributed by atoms with Crippen molar-refractivity contribution in [3.05, 3.63) is 0 Å². The van der Waals surface area contributed by atoms with E-state index in [1.54, 1.807) is 0 Å². The molecule has 2 heteroatoms. The van der Waals surface area contributed by atoms with Gasteiger partial charge in [0.25, 0.3) is 0 Å². The van der Waals surface area contributed by atoms with Gasteiger partial charge in [-0.3, -0.25) is 0 Å². The number of hydrogen-bond donors (Lipinski definition) is 2. The standard InChI is InChI=1S/C11H24N2/c1-9-6-10(13-5-4-12)8-11(2,3)7-9/h9-10,13H,4-8,12H2,1-3H3. The fourth-order valence-electron chi connectivity index (χ4n) is 2.79. The Morgan fingerprint density at radius 2 is 2.08 bits per heavy atom. The Morgan fingerprint density at radius 3 is 2.62 bits per heavy atom. The van der Waals surface area contributed by atoms with Crippen LogP contribution in [0, 0.1) is 11.3 Å². The highest BCUT2D eigenvalue weighted by Gasteiger charge is 2.31. The molecule has 0 spiro atoms. The molecule has 78 valence electrons. The lowest BCUT2D eigenvalue weighted by Crippen LogP contribution is -2.41. The van der Waals surface area contributed by atoms with Gasteiger partial charge in [-0.25, -0.2) is 0 Å². The van der Waals surface area contributed by atoms with E-state index in [1.807, 2.05) is 0 Å². The van der Waals surface area contributed by atoms with Crippen molar-refractivity contribution in [2.45, 2.75) is 46.1 Å². The molecule has 3 N–H and O–H groups in total. The fraction of sp³-hybridized carbons (Fsp3) is 1.00. The third-order valence-corrected chi connectivity index (χ3v) is 2.96. The highest BCUT2D eigenvalue weighted by Crippen LogP contribution is 2.38. The molecule has 2 unspecified atom stereocenters. The van der Waals surface area contributed by atoms with Gasteiger partial charge in [0.1, 0.15) is 0 Å². The van der Waals surface area contributed by atoms with Crippen LogP contribution in [-0.4, -0.2) is 19.1 Å². The summed E-state index contributed by atoms with van der Waals surface area (Å²) in [5.74, 6) is 0.860. The fourth-order valence-corrected chi connectivity index (χ4v) is 2.79. The normalized spacial score (nSPS) is 33.2. The zero-order chi connectivity index (χ0) is 9.90. The van der Waals surface area contributed by atoms with E-state index in [1.165, 1.54) is 19.3 Å². The molecule has 0 heterocycles. The minimum atomic E-state index is 0.518. The summed E-state index contributed by atoms with van der Waals surface area (Å²) >= 11 is 0. The highest BCUT2D eigenvalue weighted by atomic mass is 14.9. The lowest BCUT2D eigenvalue weighted by Gasteiger charge is -2.39. The van der Waals surface area contributed by atoms with Gasteiger partial charge < -0.3 is 11.1 Å². The van der Waals surface area contributed by atoms with Gasteiger partial charge in [0.05, 0.1) is 0 Å². The van der Waals surface area contributed by atoms with E-state index in [9.17, 15) is 0 Å². The van der Waals surface area contributed by atoms with Crippen LogP contribution in [0.4, 0.5) is 0 Å². The van der Waals surface area contributed by atoms with E-state index < -0.39 is 0 Å². The summed E-state index contributed by atoms with van der Waals surface area (Å²) in [5, 5.41) is 3.53. The van der Waals surface area contributed by atoms with Gasteiger partial charge >= 0.3 is 0 Å². The maximum Gasteiger partial charge on any atom is 0.00771 e. The summed E-state index contributed by atoms with van der Waals surface area (Å²) in [6, 6.07) is 0.697. The van der Waals surface area contributed by atoms with Gasteiger partial charge in [0.15, 0.2) is 0 Å². The Bertz CT molecular complexity index is 154. The Labute approximate surface area is 82.3 Å². The Hall–Kier alpha value is -0.0800. The molecule has 2 nitrogen and oxygen atoms in total. The molecular formula is C11H24N2. The summed E-state index contributed by atoms with van der Waals surface area (Å²) in [6.45, 7) is 8.83. The van der Waals surface area contributed by atoms with Crippen molar-refractivity contribution in [2.24, 2.45) is 17.1 Å². The average Bonchev–Trinajstić information content (AvgIpc) is 1.97. The minimum absolute atomic E-state index is 0.518. The van der Waals surface area contributed by atoms with Crippen LogP contribution in [0.15, 0.2) is 0 Å². The largest absolute Gasteiger partial charge is 0.329 e. The van der Waals surface area contributed by atoms with Crippen LogP contribution in [0.25, 0.3) is 0 Å². The molecule has 0 bridgehead atoms. The highest BCUT2D eigenvalue weighted by molar-refractivity contribution is 4.86. The zero-order valence-electron chi connectivity index (χ0n) is 9.27. The van der Waals surface area contributed by atoms with Crippen LogP contribution in [0.5, 0.6) is 0 Å². The second kappa shape index (κ2) is 4.43. The first-order valence-electron chi connectivity index (χ1n) is 5.47. The van der Waals surface area contributed by atoms with Crippen molar-refractivity contribution in [3.8, 4) is 0 Å². The van der Waals surface area contributed by atoms with Gasteiger partial charge in [-0.05, 0) is 30.6 Å². The molecule has 13 heavy (non-hydrogen) atoms. The number of rotatable bonds is 3. The van der Waals surface area contributed by atoms with Crippen molar-refractivity contribution in [3.63, 3.8) is 0 Å². The first-order valence-corrected chi connectivity index (χ1v) is 5.47. The van der Waals surface area contributed by atoms with Crippen molar-refractivity contribution in [2.75, 3.05) is 13.1 Å². The molecule has 0 amide bonds. The van der Waals surface area contributed by atoms with Crippen LogP contribution in [-0.2, 0) is 0 Å². The quantitative estimate of drug-likeness (QED) is 0.701. The number of nitrogens with two attached hydrogens (primary N) is 1. The third-order valence-electron chi connectivity index (χ3n) is 2.96. The van der Waals surface area contributed by atoms with Gasteiger partial charge in [-0.15, -0.1) is 0 Å². The molecule has 0 saturated heterocycles. The van der Waals surface area contributed by atoms with Crippen LogP contribution < -0.4 is 11.1 Å². The molecule has 2 atom stereocenters. The molecule has 1 aliphatic carbocycles. The predicted molar refractivity (Wildman–Crippen MR) is 57.6 cm³/mol. The van der Waals surface area contributed by atoms with E-state index in [0.29, 0.717) is 11.5 Å². The third kappa shape index (κ3) is 3.65. The molecule has 1 saturated carbocycles. The van der Waals surface area contributed by atoms with Gasteiger partial charge in [0, 0.05) is 19.1 Å². The Balaban J connectivity index is 2.38. The van der Waals surface area contributed by atoms with Crippen LogP contribution in [0.3, 0.4) is 0 Å². The van der Waals surface area contributed by atoms with Crippen molar-refractivity contribution in [1.82, 2.24) is 5.32 Å². The number of nitrogens with one attached hydrogen (secondary N) is 1. The smallest absolute Gasteiger partial charge is 0.00771 e. The molecular weight excluding hydrogens is 160 g/mol. The minimum Gasteiger partial charge on any atom is -0.329 e. The molecule has 1 fully saturated rings. The topological polar surface area (TPSA) is 38.0 Å². The predicted octanol–water partition coefficient (Wildman–Crippen LogP) is 1.75. The average molecular weight is 184 g/mol. The van der Waals surface area contributed by atoms with E-state index in [4.69, 9.17) is 5.73 Å². The Morgan fingerprint density at radius 1 is 1.38 bits per heavy atom. The van der Waals surface area contributed by atoms with E-state index >= 15 is 0 Å². The molecule has 0 aromatic heterocycles. The zero-order valence-corrected chi connectivity index (χ0v) is 9.27. The maximum atomic E-state index is 5.49. The summed E-state index contributed by atoms with van der Waals surface area (Å²) in [7, 11) is 0. The maximum absolute atomic E-state index is 5.49. The summed E-state index contributed by atoms with van der Waals surface area (Å²) < 4.78 is 0. The first kappa shape index (κ1) is 11.0. The monoisotopic (exact) mass is 184 g/mol. The lowest BCUT2D eigenvalue weighted by atomic mass is 9.70.